The van der Waals surface area contributed by atoms with Crippen LogP contribution in [0.1, 0.15) is 48.5 Å². The molecular formula is C13H24O7. The molecule has 0 aliphatic carbocycles. The van der Waals surface area contributed by atoms with Crippen LogP contribution in [0.5, 0.6) is 0 Å². The van der Waals surface area contributed by atoms with Gasteiger partial charge in [0.15, 0.2) is 5.92 Å². The van der Waals surface area contributed by atoms with Crippen molar-refractivity contribution < 1.29 is 34.1 Å². The van der Waals surface area contributed by atoms with E-state index in [0.717, 1.165) is 6.92 Å². The highest BCUT2D eigenvalue weighted by atomic mass is 16.7. The van der Waals surface area contributed by atoms with Crippen LogP contribution in [0.3, 0.4) is 0 Å². The molecule has 0 heterocycles. The van der Waals surface area contributed by atoms with Gasteiger partial charge in [-0.05, 0) is 48.5 Å². The lowest BCUT2D eigenvalue weighted by Gasteiger charge is -2.24. The summed E-state index contributed by atoms with van der Waals surface area (Å²) < 4.78 is 9.91. The predicted molar refractivity (Wildman–Crippen MR) is 71.5 cm³/mol. The quantitative estimate of drug-likeness (QED) is 0.594. The van der Waals surface area contributed by atoms with E-state index in [0.29, 0.717) is 0 Å². The normalized spacial score (nSPS) is 11.2. The van der Waals surface area contributed by atoms with Crippen molar-refractivity contribution in [3.63, 3.8) is 0 Å². The van der Waals surface area contributed by atoms with Crippen LogP contribution in [0, 0.1) is 5.92 Å². The molecule has 0 unspecified atom stereocenters. The molecule has 20 heavy (non-hydrogen) atoms. The molecule has 118 valence electrons. The maximum atomic E-state index is 11.0. The molecule has 0 aromatic rings. The van der Waals surface area contributed by atoms with Crippen LogP contribution < -0.4 is 0 Å². The van der Waals surface area contributed by atoms with E-state index in [1.807, 2.05) is 0 Å². The second-order valence-electron chi connectivity index (χ2n) is 6.08. The van der Waals surface area contributed by atoms with Crippen molar-refractivity contribution >= 4 is 18.1 Å². The molecule has 0 amide bonds. The first-order valence-electron chi connectivity index (χ1n) is 6.03. The zero-order valence-corrected chi connectivity index (χ0v) is 13.0. The molecule has 0 fully saturated rings. The summed E-state index contributed by atoms with van der Waals surface area (Å²) in [5.41, 5.74) is -0.968. The van der Waals surface area contributed by atoms with Gasteiger partial charge in [-0.1, -0.05) is 0 Å². The molecule has 7 nitrogen and oxygen atoms in total. The molecular weight excluding hydrogens is 268 g/mol. The molecule has 0 aromatic carbocycles. The third kappa shape index (κ3) is 14.3. The predicted octanol–water partition coefficient (Wildman–Crippen LogP) is 2.53. The van der Waals surface area contributed by atoms with Gasteiger partial charge in [0.05, 0.1) is 0 Å². The Bertz CT molecular complexity index is 315. The SMILES string of the molecule is CC(C(=O)O)C(=O)O.CC(C)(C)OC(=O)OC(C)(C)C. The summed E-state index contributed by atoms with van der Waals surface area (Å²) in [5, 5.41) is 15.9. The minimum absolute atomic E-state index is 0.484. The third-order valence-corrected chi connectivity index (χ3v) is 1.52. The molecule has 0 bridgehead atoms. The second kappa shape index (κ2) is 7.72. The van der Waals surface area contributed by atoms with Gasteiger partial charge in [-0.2, -0.15) is 0 Å². The van der Waals surface area contributed by atoms with Crippen LogP contribution in [0.4, 0.5) is 4.79 Å². The average Bonchev–Trinajstić information content (AvgIpc) is 2.10. The van der Waals surface area contributed by atoms with Crippen molar-refractivity contribution in [2.24, 2.45) is 5.92 Å². The van der Waals surface area contributed by atoms with Gasteiger partial charge in [0, 0.05) is 0 Å². The zero-order valence-electron chi connectivity index (χ0n) is 13.0. The maximum Gasteiger partial charge on any atom is 0.509 e. The average molecular weight is 292 g/mol. The fraction of sp³-hybridized carbons (Fsp3) is 0.769. The van der Waals surface area contributed by atoms with Gasteiger partial charge < -0.3 is 19.7 Å². The van der Waals surface area contributed by atoms with Gasteiger partial charge in [-0.15, -0.1) is 0 Å². The summed E-state index contributed by atoms with van der Waals surface area (Å²) in [5.74, 6) is -3.91. The second-order valence-corrected chi connectivity index (χ2v) is 6.08. The van der Waals surface area contributed by atoms with E-state index < -0.39 is 35.2 Å². The van der Waals surface area contributed by atoms with E-state index >= 15 is 0 Å². The first-order chi connectivity index (χ1) is 8.65. The molecule has 0 saturated heterocycles. The van der Waals surface area contributed by atoms with Crippen LogP contribution in [-0.4, -0.2) is 39.5 Å². The smallest absolute Gasteiger partial charge is 0.481 e. The van der Waals surface area contributed by atoms with Crippen LogP contribution >= 0.6 is 0 Å². The Hall–Kier alpha value is -1.79. The summed E-state index contributed by atoms with van der Waals surface area (Å²) in [6, 6.07) is 0. The van der Waals surface area contributed by atoms with Crippen LogP contribution in [0.2, 0.25) is 0 Å². The Balaban J connectivity index is 0. The van der Waals surface area contributed by atoms with Gasteiger partial charge in [0.1, 0.15) is 11.2 Å². The largest absolute Gasteiger partial charge is 0.509 e. The first kappa shape index (κ1) is 20.5. The number of aliphatic carboxylic acids is 2. The van der Waals surface area contributed by atoms with Crippen LogP contribution in [-0.2, 0) is 19.1 Å². The lowest BCUT2D eigenvalue weighted by atomic mass is 10.2. The van der Waals surface area contributed by atoms with E-state index in [2.05, 4.69) is 0 Å². The highest BCUT2D eigenvalue weighted by molar-refractivity contribution is 5.92. The minimum atomic E-state index is -1.31. The van der Waals surface area contributed by atoms with Gasteiger partial charge in [0.2, 0.25) is 0 Å². The van der Waals surface area contributed by atoms with Gasteiger partial charge >= 0.3 is 18.1 Å². The summed E-state index contributed by atoms with van der Waals surface area (Å²) in [6.45, 7) is 11.9. The van der Waals surface area contributed by atoms with Gasteiger partial charge in [-0.25, -0.2) is 4.79 Å². The third-order valence-electron chi connectivity index (χ3n) is 1.52. The number of carbonyl (C=O) groups excluding carboxylic acids is 1. The van der Waals surface area contributed by atoms with Gasteiger partial charge in [-0.3, -0.25) is 9.59 Å². The molecule has 0 saturated carbocycles. The summed E-state index contributed by atoms with van der Waals surface area (Å²) in [4.78, 5) is 30.5. The monoisotopic (exact) mass is 292 g/mol. The molecule has 0 aliphatic heterocycles. The Morgan fingerprint density at radius 3 is 1.15 bits per heavy atom. The van der Waals surface area contributed by atoms with E-state index in [9.17, 15) is 14.4 Å². The summed E-state index contributed by atoms with van der Waals surface area (Å²) in [7, 11) is 0. The first-order valence-corrected chi connectivity index (χ1v) is 6.03. The number of carboxylic acids is 2. The summed E-state index contributed by atoms with van der Waals surface area (Å²) in [6.07, 6.45) is -0.616. The van der Waals surface area contributed by atoms with E-state index in [1.165, 1.54) is 0 Å². The highest BCUT2D eigenvalue weighted by Crippen LogP contribution is 2.13. The lowest BCUT2D eigenvalue weighted by Crippen LogP contribution is -2.30. The number of hydrogen-bond donors (Lipinski definition) is 2. The van der Waals surface area contributed by atoms with E-state index in [4.69, 9.17) is 19.7 Å². The molecule has 0 spiro atoms. The van der Waals surface area contributed by atoms with Crippen LogP contribution in [0.15, 0.2) is 0 Å². The van der Waals surface area contributed by atoms with Crippen LogP contribution in [0.25, 0.3) is 0 Å². The molecule has 0 rings (SSSR count). The number of carbonyl (C=O) groups is 3. The van der Waals surface area contributed by atoms with Gasteiger partial charge in [0.25, 0.3) is 0 Å². The zero-order chi connectivity index (χ0) is 16.7. The maximum absolute atomic E-state index is 11.0. The standard InChI is InChI=1S/C9H18O3.C4H6O4/c1-8(2,3)11-7(10)12-9(4,5)6;1-2(3(5)6)4(7)8/h1-6H3;2H,1H3,(H,5,6)(H,7,8). The van der Waals surface area contributed by atoms with Crippen molar-refractivity contribution in [1.82, 2.24) is 0 Å². The molecule has 0 aliphatic rings. The fourth-order valence-corrected chi connectivity index (χ4v) is 0.626. The fourth-order valence-electron chi connectivity index (χ4n) is 0.626. The Labute approximate surface area is 118 Å². The Morgan fingerprint density at radius 1 is 0.800 bits per heavy atom. The lowest BCUT2D eigenvalue weighted by molar-refractivity contribution is -0.153. The van der Waals surface area contributed by atoms with E-state index in [-0.39, 0.29) is 0 Å². The number of rotatable bonds is 2. The molecule has 0 radical (unpaired) electrons. The molecule has 2 N–H and O–H groups in total. The van der Waals surface area contributed by atoms with Crippen molar-refractivity contribution in [2.45, 2.75) is 59.7 Å². The number of ether oxygens (including phenoxy) is 2. The van der Waals surface area contributed by atoms with Crippen molar-refractivity contribution in [3.05, 3.63) is 0 Å². The molecule has 0 aromatic heterocycles. The summed E-state index contributed by atoms with van der Waals surface area (Å²) >= 11 is 0. The van der Waals surface area contributed by atoms with Crippen molar-refractivity contribution in [1.29, 1.82) is 0 Å². The Morgan fingerprint density at radius 2 is 1.05 bits per heavy atom. The van der Waals surface area contributed by atoms with Crippen molar-refractivity contribution in [2.75, 3.05) is 0 Å². The van der Waals surface area contributed by atoms with Crippen molar-refractivity contribution in [3.8, 4) is 0 Å². The Kier molecular flexibility index (Phi) is 7.92. The molecule has 0 atom stereocenters. The number of hydrogen-bond acceptors (Lipinski definition) is 5. The molecule has 7 heteroatoms. The van der Waals surface area contributed by atoms with E-state index in [1.54, 1.807) is 41.5 Å². The minimum Gasteiger partial charge on any atom is -0.481 e. The highest BCUT2D eigenvalue weighted by Gasteiger charge is 2.22. The topological polar surface area (TPSA) is 110 Å². The number of carboxylic acid groups (broad SMARTS) is 2.